The second-order valence-corrected chi connectivity index (χ2v) is 4.50. The van der Waals surface area contributed by atoms with Crippen molar-refractivity contribution in [3.05, 3.63) is 58.6 Å². The molecule has 0 aromatic heterocycles. The molecule has 0 atom stereocenters. The maximum absolute atomic E-state index is 12.4. The van der Waals surface area contributed by atoms with Gasteiger partial charge in [-0.3, -0.25) is 0 Å². The average Bonchev–Trinajstić information content (AvgIpc) is 2.40. The molecule has 0 fully saturated rings. The third-order valence-corrected chi connectivity index (χ3v) is 2.91. The average molecular weight is 303 g/mol. The van der Waals surface area contributed by atoms with Gasteiger partial charge in [0, 0.05) is 6.07 Å². The van der Waals surface area contributed by atoms with E-state index in [9.17, 15) is 18.3 Å². The van der Waals surface area contributed by atoms with Crippen LogP contribution in [0.2, 0.25) is 5.02 Å². The standard InChI is InChI=1S/C14H10ClF3O2/c15-12-7-11(5-6-13(12)19)20-8-9-1-3-10(4-2-9)14(16,17)18/h1-7,19H,8H2. The predicted octanol–water partition coefficient (Wildman–Crippen LogP) is 4.64. The highest BCUT2D eigenvalue weighted by Gasteiger charge is 2.29. The fourth-order valence-corrected chi connectivity index (χ4v) is 1.70. The molecule has 6 heteroatoms. The van der Waals surface area contributed by atoms with Crippen LogP contribution in [-0.2, 0) is 12.8 Å². The summed E-state index contributed by atoms with van der Waals surface area (Å²) in [6.07, 6.45) is -4.34. The van der Waals surface area contributed by atoms with Gasteiger partial charge in [0.2, 0.25) is 0 Å². The van der Waals surface area contributed by atoms with Gasteiger partial charge in [0.15, 0.2) is 0 Å². The van der Waals surface area contributed by atoms with E-state index < -0.39 is 11.7 Å². The van der Waals surface area contributed by atoms with Crippen LogP contribution >= 0.6 is 11.6 Å². The van der Waals surface area contributed by atoms with Crippen LogP contribution in [0.25, 0.3) is 0 Å². The zero-order chi connectivity index (χ0) is 14.8. The zero-order valence-electron chi connectivity index (χ0n) is 10.1. The van der Waals surface area contributed by atoms with E-state index in [0.29, 0.717) is 11.3 Å². The summed E-state index contributed by atoms with van der Waals surface area (Å²) in [7, 11) is 0. The topological polar surface area (TPSA) is 29.5 Å². The molecule has 2 aromatic carbocycles. The van der Waals surface area contributed by atoms with Crippen LogP contribution in [0, 0.1) is 0 Å². The van der Waals surface area contributed by atoms with E-state index in [1.165, 1.54) is 30.3 Å². The molecule has 20 heavy (non-hydrogen) atoms. The van der Waals surface area contributed by atoms with Crippen LogP contribution in [-0.4, -0.2) is 5.11 Å². The largest absolute Gasteiger partial charge is 0.506 e. The van der Waals surface area contributed by atoms with Gasteiger partial charge in [-0.1, -0.05) is 23.7 Å². The molecule has 0 unspecified atom stereocenters. The number of hydrogen-bond acceptors (Lipinski definition) is 2. The van der Waals surface area contributed by atoms with E-state index in [2.05, 4.69) is 0 Å². The molecule has 0 radical (unpaired) electrons. The first kappa shape index (κ1) is 14.5. The molecule has 0 aliphatic rings. The molecule has 0 heterocycles. The number of hydrogen-bond donors (Lipinski definition) is 1. The number of alkyl halides is 3. The lowest BCUT2D eigenvalue weighted by Crippen LogP contribution is -2.05. The number of benzene rings is 2. The Bertz CT molecular complexity index is 594. The summed E-state index contributed by atoms with van der Waals surface area (Å²) < 4.78 is 42.5. The monoisotopic (exact) mass is 302 g/mol. The molecule has 0 saturated heterocycles. The van der Waals surface area contributed by atoms with Crippen molar-refractivity contribution in [1.29, 1.82) is 0 Å². The highest BCUT2D eigenvalue weighted by atomic mass is 35.5. The molecule has 1 N–H and O–H groups in total. The minimum Gasteiger partial charge on any atom is -0.506 e. The van der Waals surface area contributed by atoms with Crippen molar-refractivity contribution in [2.75, 3.05) is 0 Å². The van der Waals surface area contributed by atoms with Gasteiger partial charge in [-0.15, -0.1) is 0 Å². The Balaban J connectivity index is 2.02. The van der Waals surface area contributed by atoms with Gasteiger partial charge in [0.05, 0.1) is 10.6 Å². The second kappa shape index (κ2) is 5.63. The lowest BCUT2D eigenvalue weighted by Gasteiger charge is -2.09. The van der Waals surface area contributed by atoms with Crippen LogP contribution in [0.3, 0.4) is 0 Å². The lowest BCUT2D eigenvalue weighted by atomic mass is 10.1. The van der Waals surface area contributed by atoms with Crippen LogP contribution in [0.1, 0.15) is 11.1 Å². The van der Waals surface area contributed by atoms with Gasteiger partial charge in [-0.2, -0.15) is 13.2 Å². The van der Waals surface area contributed by atoms with Crippen molar-refractivity contribution in [1.82, 2.24) is 0 Å². The van der Waals surface area contributed by atoms with Gasteiger partial charge in [0.1, 0.15) is 18.1 Å². The summed E-state index contributed by atoms with van der Waals surface area (Å²) in [5.41, 5.74) is -0.101. The molecule has 0 spiro atoms. The highest BCUT2D eigenvalue weighted by molar-refractivity contribution is 6.32. The molecule has 2 rings (SSSR count). The Kier molecular flexibility index (Phi) is 4.09. The second-order valence-electron chi connectivity index (χ2n) is 4.10. The normalized spacial score (nSPS) is 11.4. The third kappa shape index (κ3) is 3.57. The first-order chi connectivity index (χ1) is 9.36. The van der Waals surface area contributed by atoms with E-state index >= 15 is 0 Å². The van der Waals surface area contributed by atoms with Gasteiger partial charge in [-0.25, -0.2) is 0 Å². The van der Waals surface area contributed by atoms with Crippen molar-refractivity contribution in [2.24, 2.45) is 0 Å². The first-order valence-electron chi connectivity index (χ1n) is 5.64. The van der Waals surface area contributed by atoms with E-state index in [1.54, 1.807) is 0 Å². The number of rotatable bonds is 3. The molecule has 106 valence electrons. The Morgan fingerprint density at radius 2 is 1.70 bits per heavy atom. The van der Waals surface area contributed by atoms with Crippen LogP contribution in [0.4, 0.5) is 13.2 Å². The fourth-order valence-electron chi connectivity index (χ4n) is 1.53. The predicted molar refractivity (Wildman–Crippen MR) is 68.9 cm³/mol. The zero-order valence-corrected chi connectivity index (χ0v) is 10.9. The minimum absolute atomic E-state index is 0.0615. The Morgan fingerprint density at radius 3 is 2.25 bits per heavy atom. The smallest absolute Gasteiger partial charge is 0.416 e. The van der Waals surface area contributed by atoms with Crippen molar-refractivity contribution >= 4 is 11.6 Å². The summed E-state index contributed by atoms with van der Waals surface area (Å²) in [6, 6.07) is 9.04. The van der Waals surface area contributed by atoms with Crippen molar-refractivity contribution in [2.45, 2.75) is 12.8 Å². The van der Waals surface area contributed by atoms with E-state index in [0.717, 1.165) is 12.1 Å². The van der Waals surface area contributed by atoms with E-state index in [1.807, 2.05) is 0 Å². The Labute approximate surface area is 118 Å². The van der Waals surface area contributed by atoms with E-state index in [4.69, 9.17) is 16.3 Å². The molecule has 2 nitrogen and oxygen atoms in total. The maximum atomic E-state index is 12.4. The highest BCUT2D eigenvalue weighted by Crippen LogP contribution is 2.30. The van der Waals surface area contributed by atoms with Crippen LogP contribution in [0.15, 0.2) is 42.5 Å². The van der Waals surface area contributed by atoms with Gasteiger partial charge in [-0.05, 0) is 29.8 Å². The summed E-state index contributed by atoms with van der Waals surface area (Å²) in [5.74, 6) is 0.362. The van der Waals surface area contributed by atoms with Crippen molar-refractivity contribution in [3.63, 3.8) is 0 Å². The molecule has 0 saturated carbocycles. The first-order valence-corrected chi connectivity index (χ1v) is 6.01. The quantitative estimate of drug-likeness (QED) is 0.894. The number of phenolic OH excluding ortho intramolecular Hbond substituents is 1. The SMILES string of the molecule is Oc1ccc(OCc2ccc(C(F)(F)F)cc2)cc1Cl. The number of phenols is 1. The minimum atomic E-state index is -4.34. The van der Waals surface area contributed by atoms with Crippen molar-refractivity contribution < 1.29 is 23.0 Å². The number of aromatic hydroxyl groups is 1. The van der Waals surface area contributed by atoms with Gasteiger partial charge >= 0.3 is 6.18 Å². The molecular formula is C14H10ClF3O2. The van der Waals surface area contributed by atoms with Gasteiger partial charge < -0.3 is 9.84 Å². The molecule has 0 aliphatic heterocycles. The summed E-state index contributed by atoms with van der Waals surface area (Å²) >= 11 is 5.71. The third-order valence-electron chi connectivity index (χ3n) is 2.61. The van der Waals surface area contributed by atoms with Gasteiger partial charge in [0.25, 0.3) is 0 Å². The molecule has 0 aliphatic carbocycles. The maximum Gasteiger partial charge on any atom is 0.416 e. The fraction of sp³-hybridized carbons (Fsp3) is 0.143. The summed E-state index contributed by atoms with van der Waals surface area (Å²) in [5, 5.41) is 9.39. The lowest BCUT2D eigenvalue weighted by molar-refractivity contribution is -0.137. The molecule has 0 bridgehead atoms. The molecular weight excluding hydrogens is 293 g/mol. The Morgan fingerprint density at radius 1 is 1.05 bits per heavy atom. The number of ether oxygens (including phenoxy) is 1. The molecule has 0 amide bonds. The Hall–Kier alpha value is -1.88. The van der Waals surface area contributed by atoms with Crippen molar-refractivity contribution in [3.8, 4) is 11.5 Å². The van der Waals surface area contributed by atoms with Crippen LogP contribution in [0.5, 0.6) is 11.5 Å². The summed E-state index contributed by atoms with van der Waals surface area (Å²) in [6.45, 7) is 0.110. The van der Waals surface area contributed by atoms with E-state index in [-0.39, 0.29) is 17.4 Å². The summed E-state index contributed by atoms with van der Waals surface area (Å²) in [4.78, 5) is 0. The molecule has 2 aromatic rings. The number of halogens is 4. The van der Waals surface area contributed by atoms with Crippen LogP contribution < -0.4 is 4.74 Å².